The largest absolute Gasteiger partial charge is 0.366 e. The number of nitrogens with two attached hydrogens (primary N) is 1. The first-order valence-corrected chi connectivity index (χ1v) is 7.22. The quantitative estimate of drug-likeness (QED) is 0.484. The topological polar surface area (TPSA) is 115 Å². The van der Waals surface area contributed by atoms with Crippen molar-refractivity contribution < 1.29 is 23.3 Å². The van der Waals surface area contributed by atoms with E-state index in [0.717, 1.165) is 36.4 Å². The second-order valence-corrected chi connectivity index (χ2v) is 5.28. The number of carbonyl (C=O) groups is 2. The van der Waals surface area contributed by atoms with Crippen molar-refractivity contribution in [3.63, 3.8) is 0 Å². The predicted octanol–water partition coefficient (Wildman–Crippen LogP) is 2.93. The van der Waals surface area contributed by atoms with E-state index in [2.05, 4.69) is 5.32 Å². The number of anilines is 1. The normalized spacial score (nSPS) is 10.7. The molecule has 0 radical (unpaired) electrons. The van der Waals surface area contributed by atoms with Crippen LogP contribution < -0.4 is 11.1 Å². The fourth-order valence-electron chi connectivity index (χ4n) is 2.11. The molecule has 0 unspecified atom stereocenters. The predicted molar refractivity (Wildman–Crippen MR) is 90.4 cm³/mol. The SMILES string of the molecule is Cc1c(F)cc(C(N)=O)cc1NC(=O)C=Cc1ccc(F)cc1[N+](=O)[O-]. The van der Waals surface area contributed by atoms with E-state index in [1.807, 2.05) is 0 Å². The number of benzene rings is 2. The average molecular weight is 361 g/mol. The van der Waals surface area contributed by atoms with Gasteiger partial charge in [0.25, 0.3) is 5.69 Å². The lowest BCUT2D eigenvalue weighted by Gasteiger charge is -2.09. The Morgan fingerprint density at radius 3 is 2.54 bits per heavy atom. The van der Waals surface area contributed by atoms with Crippen LogP contribution in [0.4, 0.5) is 20.2 Å². The van der Waals surface area contributed by atoms with E-state index in [1.165, 1.54) is 13.0 Å². The van der Waals surface area contributed by atoms with Gasteiger partial charge in [-0.05, 0) is 37.3 Å². The third-order valence-corrected chi connectivity index (χ3v) is 3.49. The number of carbonyl (C=O) groups excluding carboxylic acids is 2. The summed E-state index contributed by atoms with van der Waals surface area (Å²) in [5.41, 5.74) is 4.60. The zero-order valence-corrected chi connectivity index (χ0v) is 13.5. The monoisotopic (exact) mass is 361 g/mol. The van der Waals surface area contributed by atoms with Crippen molar-refractivity contribution in [2.75, 3.05) is 5.32 Å². The lowest BCUT2D eigenvalue weighted by Crippen LogP contribution is -2.15. The molecule has 2 rings (SSSR count). The molecule has 0 aliphatic rings. The van der Waals surface area contributed by atoms with Crippen molar-refractivity contribution in [3.05, 3.63) is 74.8 Å². The van der Waals surface area contributed by atoms with Gasteiger partial charge >= 0.3 is 0 Å². The molecule has 0 atom stereocenters. The van der Waals surface area contributed by atoms with Gasteiger partial charge in [-0.2, -0.15) is 0 Å². The molecule has 0 fully saturated rings. The molecule has 2 amide bonds. The van der Waals surface area contributed by atoms with E-state index >= 15 is 0 Å². The maximum Gasteiger partial charge on any atom is 0.279 e. The molecule has 0 spiro atoms. The summed E-state index contributed by atoms with van der Waals surface area (Å²) < 4.78 is 26.9. The molecule has 3 N–H and O–H groups in total. The first-order valence-electron chi connectivity index (χ1n) is 7.22. The first kappa shape index (κ1) is 18.7. The number of primary amides is 1. The number of nitrogens with one attached hydrogen (secondary N) is 1. The van der Waals surface area contributed by atoms with E-state index in [1.54, 1.807) is 0 Å². The zero-order valence-electron chi connectivity index (χ0n) is 13.5. The lowest BCUT2D eigenvalue weighted by molar-refractivity contribution is -0.385. The zero-order chi connectivity index (χ0) is 19.4. The highest BCUT2D eigenvalue weighted by atomic mass is 19.1. The third kappa shape index (κ3) is 4.26. The first-order chi connectivity index (χ1) is 12.2. The molecule has 0 saturated heterocycles. The summed E-state index contributed by atoms with van der Waals surface area (Å²) >= 11 is 0. The number of nitro benzene ring substituents is 1. The Morgan fingerprint density at radius 2 is 1.92 bits per heavy atom. The second-order valence-electron chi connectivity index (χ2n) is 5.28. The highest BCUT2D eigenvalue weighted by Crippen LogP contribution is 2.22. The van der Waals surface area contributed by atoms with Gasteiger partial charge < -0.3 is 11.1 Å². The molecular weight excluding hydrogens is 348 g/mol. The van der Waals surface area contributed by atoms with Gasteiger partial charge in [-0.3, -0.25) is 19.7 Å². The van der Waals surface area contributed by atoms with E-state index in [9.17, 15) is 28.5 Å². The minimum atomic E-state index is -0.864. The van der Waals surface area contributed by atoms with Crippen LogP contribution in [0.5, 0.6) is 0 Å². The maximum atomic E-state index is 13.8. The van der Waals surface area contributed by atoms with Crippen LogP contribution in [0, 0.1) is 28.7 Å². The summed E-state index contributed by atoms with van der Waals surface area (Å²) in [6.07, 6.45) is 2.09. The van der Waals surface area contributed by atoms with Gasteiger partial charge in [0.2, 0.25) is 11.8 Å². The fraction of sp³-hybridized carbons (Fsp3) is 0.0588. The van der Waals surface area contributed by atoms with Gasteiger partial charge in [0.05, 0.1) is 16.6 Å². The smallest absolute Gasteiger partial charge is 0.279 e. The van der Waals surface area contributed by atoms with Crippen LogP contribution in [0.1, 0.15) is 21.5 Å². The molecule has 0 saturated carbocycles. The summed E-state index contributed by atoms with van der Waals surface area (Å²) in [6, 6.07) is 5.06. The van der Waals surface area contributed by atoms with Crippen molar-refractivity contribution in [1.82, 2.24) is 0 Å². The number of amides is 2. The number of hydrogen-bond acceptors (Lipinski definition) is 4. The Labute approximate surface area is 146 Å². The Hall–Kier alpha value is -3.62. The van der Waals surface area contributed by atoms with Crippen LogP contribution in [-0.4, -0.2) is 16.7 Å². The molecule has 0 heterocycles. The van der Waals surface area contributed by atoms with Gasteiger partial charge in [-0.25, -0.2) is 8.78 Å². The Balaban J connectivity index is 2.26. The van der Waals surface area contributed by atoms with E-state index < -0.39 is 34.1 Å². The highest BCUT2D eigenvalue weighted by Gasteiger charge is 2.14. The lowest BCUT2D eigenvalue weighted by atomic mass is 10.1. The van der Waals surface area contributed by atoms with Gasteiger partial charge in [-0.15, -0.1) is 0 Å². The Morgan fingerprint density at radius 1 is 1.23 bits per heavy atom. The van der Waals surface area contributed by atoms with E-state index in [4.69, 9.17) is 5.73 Å². The van der Waals surface area contributed by atoms with Crippen LogP contribution in [-0.2, 0) is 4.79 Å². The summed E-state index contributed by atoms with van der Waals surface area (Å²) in [6.45, 7) is 1.39. The van der Waals surface area contributed by atoms with Gasteiger partial charge in [0.1, 0.15) is 11.6 Å². The van der Waals surface area contributed by atoms with Crippen molar-refractivity contribution in [3.8, 4) is 0 Å². The summed E-state index contributed by atoms with van der Waals surface area (Å²) in [7, 11) is 0. The minimum absolute atomic E-state index is 0.0142. The van der Waals surface area contributed by atoms with Crippen LogP contribution in [0.2, 0.25) is 0 Å². The fourth-order valence-corrected chi connectivity index (χ4v) is 2.11. The summed E-state index contributed by atoms with van der Waals surface area (Å²) in [5.74, 6) is -3.10. The molecule has 2 aromatic carbocycles. The molecule has 0 aliphatic heterocycles. The molecule has 0 bridgehead atoms. The third-order valence-electron chi connectivity index (χ3n) is 3.49. The number of rotatable bonds is 5. The standard InChI is InChI=1S/C17H13F2N3O4/c1-9-13(19)6-11(17(20)24)7-14(9)21-16(23)5-3-10-2-4-12(18)8-15(10)22(25)26/h2-8H,1H3,(H2,20,24)(H,21,23). The second kappa shape index (κ2) is 7.51. The van der Waals surface area contributed by atoms with E-state index in [0.29, 0.717) is 0 Å². The van der Waals surface area contributed by atoms with Crippen LogP contribution in [0.3, 0.4) is 0 Å². The van der Waals surface area contributed by atoms with Gasteiger partial charge in [-0.1, -0.05) is 0 Å². The Bertz CT molecular complexity index is 942. The minimum Gasteiger partial charge on any atom is -0.366 e. The van der Waals surface area contributed by atoms with Crippen LogP contribution >= 0.6 is 0 Å². The summed E-state index contributed by atoms with van der Waals surface area (Å²) in [4.78, 5) is 33.3. The van der Waals surface area contributed by atoms with Gasteiger partial charge in [0.15, 0.2) is 0 Å². The van der Waals surface area contributed by atoms with Gasteiger partial charge in [0, 0.05) is 22.9 Å². The maximum absolute atomic E-state index is 13.8. The van der Waals surface area contributed by atoms with Crippen molar-refractivity contribution >= 4 is 29.3 Å². The van der Waals surface area contributed by atoms with Crippen molar-refractivity contribution in [2.24, 2.45) is 5.73 Å². The highest BCUT2D eigenvalue weighted by molar-refractivity contribution is 6.03. The summed E-state index contributed by atoms with van der Waals surface area (Å²) in [5, 5.41) is 13.3. The molecule has 9 heteroatoms. The molecule has 26 heavy (non-hydrogen) atoms. The number of halogens is 2. The molecule has 0 aromatic heterocycles. The van der Waals surface area contributed by atoms with Crippen molar-refractivity contribution in [1.29, 1.82) is 0 Å². The molecule has 7 nitrogen and oxygen atoms in total. The number of hydrogen-bond donors (Lipinski definition) is 2. The Kier molecular flexibility index (Phi) is 5.41. The average Bonchev–Trinajstić information content (AvgIpc) is 2.57. The molecule has 134 valence electrons. The van der Waals surface area contributed by atoms with Crippen LogP contribution in [0.15, 0.2) is 36.4 Å². The number of nitro groups is 1. The molecule has 2 aromatic rings. The van der Waals surface area contributed by atoms with E-state index in [-0.39, 0.29) is 22.4 Å². The molecule has 0 aliphatic carbocycles. The van der Waals surface area contributed by atoms with Crippen molar-refractivity contribution in [2.45, 2.75) is 6.92 Å². The van der Waals surface area contributed by atoms with Crippen LogP contribution in [0.25, 0.3) is 6.08 Å². The number of nitrogens with zero attached hydrogens (tertiary/aromatic N) is 1. The molecular formula is C17H13F2N3O4.